The second-order valence-electron chi connectivity index (χ2n) is 4.49. The molecule has 0 aliphatic heterocycles. The van der Waals surface area contributed by atoms with Crippen LogP contribution in [0.15, 0.2) is 18.2 Å². The fraction of sp³-hybridized carbons (Fsp3) is 0.143. The van der Waals surface area contributed by atoms with Crippen molar-refractivity contribution >= 4 is 17.5 Å². The van der Waals surface area contributed by atoms with E-state index in [1.54, 1.807) is 19.9 Å². The molecule has 0 aliphatic rings. The molecule has 2 rings (SSSR count). The van der Waals surface area contributed by atoms with Crippen LogP contribution in [0.2, 0.25) is 0 Å². The normalized spacial score (nSPS) is 10.5. The van der Waals surface area contributed by atoms with E-state index in [2.05, 4.69) is 10.3 Å². The zero-order valence-electron chi connectivity index (χ0n) is 11.2. The van der Waals surface area contributed by atoms with Gasteiger partial charge in [0.15, 0.2) is 17.5 Å². The standard InChI is InChI=1S/C14H11F3N2O2/c1-6-3-7(2)18-13(11(6)14(20)21)19-8-4-9(15)12(17)10(16)5-8/h3-5H,1-2H3,(H,18,19)(H,20,21). The molecule has 7 heteroatoms. The summed E-state index contributed by atoms with van der Waals surface area (Å²) in [4.78, 5) is 15.2. The van der Waals surface area contributed by atoms with Crippen molar-refractivity contribution in [2.75, 3.05) is 5.32 Å². The molecule has 110 valence electrons. The van der Waals surface area contributed by atoms with Gasteiger partial charge in [-0.1, -0.05) is 0 Å². The second kappa shape index (κ2) is 5.43. The van der Waals surface area contributed by atoms with Crippen LogP contribution in [0.3, 0.4) is 0 Å². The fourth-order valence-electron chi connectivity index (χ4n) is 1.96. The molecule has 0 amide bonds. The maximum atomic E-state index is 13.2. The highest BCUT2D eigenvalue weighted by molar-refractivity contribution is 5.95. The summed E-state index contributed by atoms with van der Waals surface area (Å²) in [6, 6.07) is 3.02. The smallest absolute Gasteiger partial charge is 0.339 e. The Morgan fingerprint density at radius 2 is 1.71 bits per heavy atom. The summed E-state index contributed by atoms with van der Waals surface area (Å²) in [5.41, 5.74) is 0.723. The minimum absolute atomic E-state index is 0.0644. The predicted molar refractivity (Wildman–Crippen MR) is 70.3 cm³/mol. The molecule has 0 radical (unpaired) electrons. The Labute approximate surface area is 118 Å². The van der Waals surface area contributed by atoms with Crippen molar-refractivity contribution in [1.29, 1.82) is 0 Å². The number of rotatable bonds is 3. The minimum Gasteiger partial charge on any atom is -0.478 e. The van der Waals surface area contributed by atoms with Crippen LogP contribution in [0.1, 0.15) is 21.6 Å². The molecule has 0 saturated carbocycles. The SMILES string of the molecule is Cc1cc(C)c(C(=O)O)c(Nc2cc(F)c(F)c(F)c2)n1. The quantitative estimate of drug-likeness (QED) is 0.850. The second-order valence-corrected chi connectivity index (χ2v) is 4.49. The number of carbonyl (C=O) groups is 1. The number of carboxylic acid groups (broad SMARTS) is 1. The lowest BCUT2D eigenvalue weighted by Crippen LogP contribution is -2.09. The molecule has 1 aromatic carbocycles. The number of pyridine rings is 1. The monoisotopic (exact) mass is 296 g/mol. The number of benzene rings is 1. The maximum Gasteiger partial charge on any atom is 0.339 e. The van der Waals surface area contributed by atoms with Crippen LogP contribution < -0.4 is 5.32 Å². The Morgan fingerprint density at radius 3 is 2.24 bits per heavy atom. The van der Waals surface area contributed by atoms with Gasteiger partial charge in [0, 0.05) is 23.5 Å². The largest absolute Gasteiger partial charge is 0.478 e. The molecular formula is C14H11F3N2O2. The van der Waals surface area contributed by atoms with Gasteiger partial charge < -0.3 is 10.4 Å². The number of nitrogens with zero attached hydrogens (tertiary/aromatic N) is 1. The van der Waals surface area contributed by atoms with E-state index in [4.69, 9.17) is 0 Å². The Hall–Kier alpha value is -2.57. The third kappa shape index (κ3) is 2.96. The number of aromatic nitrogens is 1. The van der Waals surface area contributed by atoms with Gasteiger partial charge >= 0.3 is 5.97 Å². The first-order valence-corrected chi connectivity index (χ1v) is 5.92. The highest BCUT2D eigenvalue weighted by atomic mass is 19.2. The van der Waals surface area contributed by atoms with Crippen molar-refractivity contribution in [1.82, 2.24) is 4.98 Å². The van der Waals surface area contributed by atoms with E-state index < -0.39 is 23.4 Å². The summed E-state index contributed by atoms with van der Waals surface area (Å²) in [7, 11) is 0. The van der Waals surface area contributed by atoms with Crippen molar-refractivity contribution in [3.8, 4) is 0 Å². The topological polar surface area (TPSA) is 62.2 Å². The number of halogens is 3. The Balaban J connectivity index is 2.51. The number of nitrogens with one attached hydrogen (secondary N) is 1. The molecule has 0 unspecified atom stereocenters. The number of carboxylic acids is 1. The Morgan fingerprint density at radius 1 is 1.14 bits per heavy atom. The van der Waals surface area contributed by atoms with E-state index in [0.717, 1.165) is 12.1 Å². The van der Waals surface area contributed by atoms with Crippen molar-refractivity contribution in [2.24, 2.45) is 0 Å². The summed E-state index contributed by atoms with van der Waals surface area (Å²) in [5, 5.41) is 11.7. The number of aromatic carboxylic acids is 1. The van der Waals surface area contributed by atoms with E-state index in [9.17, 15) is 23.1 Å². The molecule has 2 aromatic rings. The molecule has 0 atom stereocenters. The van der Waals surface area contributed by atoms with Crippen LogP contribution in [0.25, 0.3) is 0 Å². The van der Waals surface area contributed by atoms with Gasteiger partial charge in [0.25, 0.3) is 0 Å². The third-order valence-electron chi connectivity index (χ3n) is 2.81. The van der Waals surface area contributed by atoms with Gasteiger partial charge in [0.2, 0.25) is 0 Å². The molecule has 0 bridgehead atoms. The molecular weight excluding hydrogens is 285 g/mol. The van der Waals surface area contributed by atoms with Crippen molar-refractivity contribution in [3.05, 3.63) is 52.5 Å². The summed E-state index contributed by atoms with van der Waals surface area (Å²) in [5.74, 6) is -5.64. The summed E-state index contributed by atoms with van der Waals surface area (Å²) in [6.45, 7) is 3.23. The van der Waals surface area contributed by atoms with E-state index in [1.807, 2.05) is 0 Å². The van der Waals surface area contributed by atoms with Crippen LogP contribution in [-0.4, -0.2) is 16.1 Å². The van der Waals surface area contributed by atoms with Crippen LogP contribution in [0.4, 0.5) is 24.7 Å². The molecule has 2 N–H and O–H groups in total. The molecule has 0 saturated heterocycles. The van der Waals surface area contributed by atoms with Crippen LogP contribution >= 0.6 is 0 Å². The highest BCUT2D eigenvalue weighted by Crippen LogP contribution is 2.25. The zero-order valence-corrected chi connectivity index (χ0v) is 11.2. The molecule has 0 fully saturated rings. The Bertz CT molecular complexity index is 709. The molecule has 1 aromatic heterocycles. The van der Waals surface area contributed by atoms with Gasteiger partial charge in [-0.05, 0) is 25.5 Å². The molecule has 0 spiro atoms. The number of anilines is 2. The first-order chi connectivity index (χ1) is 9.79. The van der Waals surface area contributed by atoms with Crippen LogP contribution in [-0.2, 0) is 0 Å². The van der Waals surface area contributed by atoms with Crippen molar-refractivity contribution in [3.63, 3.8) is 0 Å². The lowest BCUT2D eigenvalue weighted by Gasteiger charge is -2.12. The van der Waals surface area contributed by atoms with Gasteiger partial charge in [-0.25, -0.2) is 22.9 Å². The number of hydrogen-bond acceptors (Lipinski definition) is 3. The lowest BCUT2D eigenvalue weighted by molar-refractivity contribution is 0.0697. The Kier molecular flexibility index (Phi) is 3.84. The zero-order chi connectivity index (χ0) is 15.7. The highest BCUT2D eigenvalue weighted by Gasteiger charge is 2.17. The molecule has 21 heavy (non-hydrogen) atoms. The van der Waals surface area contributed by atoms with Gasteiger partial charge in [-0.15, -0.1) is 0 Å². The van der Waals surface area contributed by atoms with E-state index in [0.29, 0.717) is 11.3 Å². The number of hydrogen-bond donors (Lipinski definition) is 2. The summed E-state index contributed by atoms with van der Waals surface area (Å²) < 4.78 is 39.2. The third-order valence-corrected chi connectivity index (χ3v) is 2.81. The minimum atomic E-state index is -1.59. The van der Waals surface area contributed by atoms with Crippen LogP contribution in [0, 0.1) is 31.3 Å². The molecule has 4 nitrogen and oxygen atoms in total. The fourth-order valence-corrected chi connectivity index (χ4v) is 1.96. The van der Waals surface area contributed by atoms with Gasteiger partial charge in [0.05, 0.1) is 0 Å². The van der Waals surface area contributed by atoms with Crippen molar-refractivity contribution < 1.29 is 23.1 Å². The van der Waals surface area contributed by atoms with E-state index >= 15 is 0 Å². The molecule has 0 aliphatic carbocycles. The summed E-state index contributed by atoms with van der Waals surface area (Å²) in [6.07, 6.45) is 0. The lowest BCUT2D eigenvalue weighted by atomic mass is 10.1. The maximum absolute atomic E-state index is 13.2. The van der Waals surface area contributed by atoms with Gasteiger partial charge in [0.1, 0.15) is 11.4 Å². The van der Waals surface area contributed by atoms with E-state index in [1.165, 1.54) is 0 Å². The summed E-state index contributed by atoms with van der Waals surface area (Å²) >= 11 is 0. The van der Waals surface area contributed by atoms with Crippen molar-refractivity contribution in [2.45, 2.75) is 13.8 Å². The average Bonchev–Trinajstić information content (AvgIpc) is 2.34. The predicted octanol–water partition coefficient (Wildman–Crippen LogP) is 3.56. The van der Waals surface area contributed by atoms with E-state index in [-0.39, 0.29) is 17.1 Å². The first-order valence-electron chi connectivity index (χ1n) is 5.92. The number of aryl methyl sites for hydroxylation is 2. The van der Waals surface area contributed by atoms with Gasteiger partial charge in [-0.3, -0.25) is 0 Å². The van der Waals surface area contributed by atoms with Crippen LogP contribution in [0.5, 0.6) is 0 Å². The van der Waals surface area contributed by atoms with Gasteiger partial charge in [-0.2, -0.15) is 0 Å². The first kappa shape index (κ1) is 14.8. The molecule has 1 heterocycles. The average molecular weight is 296 g/mol.